The molecule has 0 N–H and O–H groups in total. The molecule has 149 valence electrons. The van der Waals surface area contributed by atoms with Crippen LogP contribution in [-0.2, 0) is 24.7 Å². The largest absolute Gasteiger partial charge is 1.00 e. The zero-order valence-corrected chi connectivity index (χ0v) is 21.9. The quantitative estimate of drug-likeness (QED) is 0.480. The van der Waals surface area contributed by atoms with Crippen molar-refractivity contribution in [2.45, 2.75) is 41.5 Å². The first-order chi connectivity index (χ1) is 12.7. The molecule has 2 aromatic carbocycles. The van der Waals surface area contributed by atoms with Crippen molar-refractivity contribution in [3.8, 4) is 0 Å². The van der Waals surface area contributed by atoms with E-state index in [1.54, 1.807) is 0 Å². The maximum absolute atomic E-state index is 2.47. The Kier molecular flexibility index (Phi) is 7.32. The molecule has 4 rings (SSSR count). The van der Waals surface area contributed by atoms with Crippen molar-refractivity contribution >= 4 is 14.4 Å². The number of rotatable bonds is 1. The van der Waals surface area contributed by atoms with Crippen LogP contribution < -0.4 is 35.3 Å². The zero-order chi connectivity index (χ0) is 19.5. The van der Waals surface area contributed by atoms with Crippen LogP contribution in [0, 0.1) is 21.8 Å². The van der Waals surface area contributed by atoms with Crippen molar-refractivity contribution in [2.75, 3.05) is 0 Å². The molecule has 0 aromatic heterocycles. The van der Waals surface area contributed by atoms with Crippen LogP contribution in [0.3, 0.4) is 0 Å². The minimum atomic E-state index is 0. The summed E-state index contributed by atoms with van der Waals surface area (Å²) in [6.07, 6.45) is 4.94. The third kappa shape index (κ3) is 4.04. The Bertz CT molecular complexity index is 1240. The van der Waals surface area contributed by atoms with Crippen molar-refractivity contribution in [3.05, 3.63) is 86.1 Å². The zero-order valence-electron chi connectivity index (χ0n) is 18.0. The van der Waals surface area contributed by atoms with Gasteiger partial charge < -0.3 is 24.8 Å². The van der Waals surface area contributed by atoms with Gasteiger partial charge in [-0.3, -0.25) is 0 Å². The molecule has 3 heteroatoms. The summed E-state index contributed by atoms with van der Waals surface area (Å²) in [5, 5.41) is 5.64. The molecule has 29 heavy (non-hydrogen) atoms. The Morgan fingerprint density at radius 1 is 0.862 bits per heavy atom. The fourth-order valence-corrected chi connectivity index (χ4v) is 5.52. The molecule has 0 saturated heterocycles. The van der Waals surface area contributed by atoms with Crippen molar-refractivity contribution in [1.29, 1.82) is 0 Å². The standard InChI is InChI=1S/C26H27.2ClH.Zr/c1-16(2)20-11-12-22-21-10-8-7-9-18(21)14-24(22)25(20)23-15-19(13-17(23)3)26(4,5)6;;;/h7-13,15,17H,1-6H3;2*1H;/q;;;+2/p-2. The van der Waals surface area contributed by atoms with E-state index in [4.69, 9.17) is 0 Å². The number of allylic oxidation sites excluding steroid dienone is 4. The topological polar surface area (TPSA) is 0 Å². The molecule has 0 radical (unpaired) electrons. The summed E-state index contributed by atoms with van der Waals surface area (Å²) in [4.78, 5) is 0. The molecule has 1 atom stereocenters. The molecular formula is C26H27Cl2Zr. The maximum atomic E-state index is 2.47. The second kappa shape index (κ2) is 8.70. The molecule has 0 spiro atoms. The molecular weight excluding hydrogens is 474 g/mol. The van der Waals surface area contributed by atoms with E-state index in [2.05, 4.69) is 90.1 Å². The van der Waals surface area contributed by atoms with Gasteiger partial charge in [-0.05, 0) is 0 Å². The second-order valence-corrected chi connectivity index (χ2v) is 10.3. The first-order valence-electron chi connectivity index (χ1n) is 9.80. The number of hydrogen-bond acceptors (Lipinski definition) is 0. The molecule has 0 saturated carbocycles. The molecule has 0 fully saturated rings. The summed E-state index contributed by atoms with van der Waals surface area (Å²) >= 11 is 1.50. The van der Waals surface area contributed by atoms with E-state index in [-0.39, 0.29) is 30.2 Å². The van der Waals surface area contributed by atoms with Crippen LogP contribution in [0.2, 0.25) is 0 Å². The third-order valence-corrected chi connectivity index (χ3v) is 7.14. The number of halogens is 2. The van der Waals surface area contributed by atoms with Crippen molar-refractivity contribution in [2.24, 2.45) is 11.3 Å². The monoisotopic (exact) mass is 499 g/mol. The molecule has 0 heterocycles. The minimum Gasteiger partial charge on any atom is -1.00 e. The molecule has 0 nitrogen and oxygen atoms in total. The predicted molar refractivity (Wildman–Crippen MR) is 112 cm³/mol. The SMILES string of the molecule is CC(C)=c1ccc2c(c1C1=CC(C(C)(C)C)=CC1C)[C]([Zr+2])=c1ccccc1=2.[Cl-].[Cl-]. The van der Waals surface area contributed by atoms with Gasteiger partial charge in [-0.1, -0.05) is 0 Å². The van der Waals surface area contributed by atoms with Crippen LogP contribution in [0.5, 0.6) is 0 Å². The summed E-state index contributed by atoms with van der Waals surface area (Å²) < 4.78 is 1.50. The normalized spacial score (nSPS) is 17.0. The summed E-state index contributed by atoms with van der Waals surface area (Å²) in [7, 11) is 0. The molecule has 0 aliphatic heterocycles. The van der Waals surface area contributed by atoms with Crippen molar-refractivity contribution < 1.29 is 49.5 Å². The second-order valence-electron chi connectivity index (χ2n) is 9.09. The van der Waals surface area contributed by atoms with Gasteiger partial charge >= 0.3 is 178 Å². The Morgan fingerprint density at radius 3 is 2.03 bits per heavy atom. The van der Waals surface area contributed by atoms with Crippen LogP contribution >= 0.6 is 0 Å². The fourth-order valence-electron chi connectivity index (χ4n) is 4.35. The van der Waals surface area contributed by atoms with E-state index in [1.165, 1.54) is 76.7 Å². The average Bonchev–Trinajstić information content (AvgIpc) is 3.13. The first-order valence-corrected chi connectivity index (χ1v) is 11.0. The Labute approximate surface area is 201 Å². The van der Waals surface area contributed by atoms with Crippen LogP contribution in [-0.4, -0.2) is 0 Å². The van der Waals surface area contributed by atoms with E-state index < -0.39 is 0 Å². The molecule has 1 unspecified atom stereocenters. The number of fused-ring (bicyclic) bond motifs is 2. The van der Waals surface area contributed by atoms with Gasteiger partial charge in [0.05, 0.1) is 0 Å². The summed E-state index contributed by atoms with van der Waals surface area (Å²) in [6, 6.07) is 13.6. The van der Waals surface area contributed by atoms with E-state index in [0.717, 1.165) is 0 Å². The van der Waals surface area contributed by atoms with E-state index in [9.17, 15) is 0 Å². The maximum Gasteiger partial charge on any atom is -1.00 e. The Balaban J connectivity index is 0.00000150. The number of hydrogen-bond donors (Lipinski definition) is 0. The molecule has 2 aromatic rings. The Morgan fingerprint density at radius 2 is 1.48 bits per heavy atom. The van der Waals surface area contributed by atoms with Crippen LogP contribution in [0.4, 0.5) is 0 Å². The smallest absolute Gasteiger partial charge is 1.00 e. The van der Waals surface area contributed by atoms with Crippen LogP contribution in [0.25, 0.3) is 14.4 Å². The molecule has 0 bridgehead atoms. The van der Waals surface area contributed by atoms with Gasteiger partial charge in [0.2, 0.25) is 0 Å². The third-order valence-electron chi connectivity index (χ3n) is 5.87. The molecule has 2 aliphatic rings. The van der Waals surface area contributed by atoms with Gasteiger partial charge in [0.15, 0.2) is 0 Å². The Hall–Kier alpha value is -0.877. The van der Waals surface area contributed by atoms with Crippen LogP contribution in [0.15, 0.2) is 54.1 Å². The minimum absolute atomic E-state index is 0. The average molecular weight is 502 g/mol. The molecule has 2 aliphatic carbocycles. The number of benzene rings is 2. The fraction of sp³-hybridized carbons (Fsp3) is 0.308. The predicted octanol–water partition coefficient (Wildman–Crippen LogP) is -0.806. The van der Waals surface area contributed by atoms with Gasteiger partial charge in [-0.25, -0.2) is 0 Å². The van der Waals surface area contributed by atoms with Crippen LogP contribution in [0.1, 0.15) is 52.7 Å². The summed E-state index contributed by atoms with van der Waals surface area (Å²) in [6.45, 7) is 13.8. The van der Waals surface area contributed by atoms with Gasteiger partial charge in [-0.2, -0.15) is 0 Å². The van der Waals surface area contributed by atoms with Gasteiger partial charge in [-0.15, -0.1) is 0 Å². The summed E-state index contributed by atoms with van der Waals surface area (Å²) in [5.74, 6) is 0.455. The van der Waals surface area contributed by atoms with Crippen molar-refractivity contribution in [3.63, 3.8) is 0 Å². The van der Waals surface area contributed by atoms with Gasteiger partial charge in [0.1, 0.15) is 0 Å². The first kappa shape index (κ1) is 24.4. The van der Waals surface area contributed by atoms with E-state index in [1.807, 2.05) is 0 Å². The van der Waals surface area contributed by atoms with Gasteiger partial charge in [0.25, 0.3) is 0 Å². The van der Waals surface area contributed by atoms with Crippen molar-refractivity contribution in [1.82, 2.24) is 0 Å². The molecule has 0 amide bonds. The van der Waals surface area contributed by atoms with E-state index >= 15 is 0 Å². The van der Waals surface area contributed by atoms with Gasteiger partial charge in [0, 0.05) is 0 Å². The summed E-state index contributed by atoms with van der Waals surface area (Å²) in [5.41, 5.74) is 7.48. The van der Waals surface area contributed by atoms with E-state index in [0.29, 0.717) is 5.92 Å².